The van der Waals surface area contributed by atoms with Crippen LogP contribution in [0.1, 0.15) is 65.5 Å². The summed E-state index contributed by atoms with van der Waals surface area (Å²) in [5, 5.41) is 0. The van der Waals surface area contributed by atoms with Gasteiger partial charge in [-0.15, -0.1) is 0 Å². The van der Waals surface area contributed by atoms with Crippen molar-refractivity contribution in [1.29, 1.82) is 0 Å². The lowest BCUT2D eigenvalue weighted by Crippen LogP contribution is -2.50. The minimum Gasteiger partial charge on any atom is -0.493 e. The monoisotopic (exact) mass is 828 g/mol. The Hall–Kier alpha value is -2.85. The Morgan fingerprint density at radius 1 is 0.473 bits per heavy atom. The molecule has 0 bridgehead atoms. The van der Waals surface area contributed by atoms with E-state index in [0.717, 1.165) is 0 Å². The topological polar surface area (TPSA) is 92.3 Å². The zero-order chi connectivity index (χ0) is 40.9. The third-order valence-electron chi connectivity index (χ3n) is 8.53. The molecule has 0 saturated carbocycles. The molecule has 55 heavy (non-hydrogen) atoms. The number of aryl methyl sites for hydroxylation is 2. The first-order valence-corrected chi connectivity index (χ1v) is 22.4. The number of hydrogen-bond donors (Lipinski definition) is 0. The van der Waals surface area contributed by atoms with Gasteiger partial charge < -0.3 is 45.5 Å². The molecule has 0 unspecified atom stereocenters. The first-order valence-electron chi connectivity index (χ1n) is 18.5. The molecule has 0 amide bonds. The number of allylic oxidation sites excluding steroid dienone is 2. The van der Waals surface area contributed by atoms with E-state index >= 15 is 17.6 Å². The Balaban J connectivity index is 1.90. The van der Waals surface area contributed by atoms with Crippen LogP contribution in [0.25, 0.3) is 0 Å². The van der Waals surface area contributed by atoms with Crippen LogP contribution in [0.4, 0.5) is 26.3 Å². The highest BCUT2D eigenvalue weighted by molar-refractivity contribution is 6.61. The minimum absolute atomic E-state index is 0.159. The average molecular weight is 829 g/mol. The molecule has 0 saturated heterocycles. The number of rotatable bonds is 26. The van der Waals surface area contributed by atoms with E-state index in [4.69, 9.17) is 45.5 Å². The van der Waals surface area contributed by atoms with Gasteiger partial charge in [0.2, 0.25) is 11.5 Å². The lowest BCUT2D eigenvalue weighted by Gasteiger charge is -2.28. The van der Waals surface area contributed by atoms with Crippen LogP contribution in [-0.4, -0.2) is 89.2 Å². The Morgan fingerprint density at radius 2 is 0.782 bits per heavy atom. The van der Waals surface area contributed by atoms with Gasteiger partial charge in [-0.1, -0.05) is 12.1 Å². The minimum atomic E-state index is -5.90. The first-order chi connectivity index (χ1) is 26.1. The lowest BCUT2D eigenvalue weighted by molar-refractivity contribution is -0.273. The van der Waals surface area contributed by atoms with Crippen LogP contribution in [-0.2, 0) is 39.4 Å². The van der Waals surface area contributed by atoms with Gasteiger partial charge in [-0.3, -0.25) is 0 Å². The lowest BCUT2D eigenvalue weighted by atomic mass is 10.1. The molecule has 0 aliphatic heterocycles. The van der Waals surface area contributed by atoms with Crippen molar-refractivity contribution >= 4 is 17.6 Å². The second-order valence-electron chi connectivity index (χ2n) is 12.2. The van der Waals surface area contributed by atoms with E-state index in [1.807, 2.05) is 41.5 Å². The van der Waals surface area contributed by atoms with Crippen molar-refractivity contribution in [3.8, 4) is 23.0 Å². The predicted octanol–water partition coefficient (Wildman–Crippen LogP) is 9.25. The zero-order valence-corrected chi connectivity index (χ0v) is 34.8. The van der Waals surface area contributed by atoms with Gasteiger partial charge in [-0.2, -0.15) is 26.3 Å². The molecular formula is C37H54F6O10Si2. The Labute approximate surface area is 322 Å². The summed E-state index contributed by atoms with van der Waals surface area (Å²) in [6, 6.07) is 9.17. The summed E-state index contributed by atoms with van der Waals surface area (Å²) in [5.41, 5.74) is 1.31. The standard InChI is InChI=1S/C37H54F6O10Si2/c1-9-46-54(47-10-2,48-11-3)23-15-17-27-19-21-29(31(25-27)44-7)52-33-34(36(40,41)37(42,43)35(33,38)39)53-30-22-20-28(26-32(30)45-8)18-16-24-55(49-12-4,50-13-5)51-14-6/h19-22,25-26H,9-18,23-24H2,1-8H3. The smallest absolute Gasteiger partial charge is 0.493 e. The van der Waals surface area contributed by atoms with E-state index in [9.17, 15) is 8.78 Å². The van der Waals surface area contributed by atoms with E-state index in [2.05, 4.69) is 0 Å². The molecular weight excluding hydrogens is 775 g/mol. The third-order valence-corrected chi connectivity index (χ3v) is 14.8. The highest BCUT2D eigenvalue weighted by Gasteiger charge is 2.83. The van der Waals surface area contributed by atoms with E-state index < -0.39 is 58.4 Å². The summed E-state index contributed by atoms with van der Waals surface area (Å²) < 4.78 is 147. The second kappa shape index (κ2) is 20.5. The molecule has 0 heterocycles. The summed E-state index contributed by atoms with van der Waals surface area (Å²) in [5.74, 6) is -22.3. The van der Waals surface area contributed by atoms with Gasteiger partial charge in [0.05, 0.1) is 14.2 Å². The molecule has 0 fully saturated rings. The fourth-order valence-electron chi connectivity index (χ4n) is 6.13. The first kappa shape index (κ1) is 46.5. The maximum absolute atomic E-state index is 15.3. The van der Waals surface area contributed by atoms with Crippen molar-refractivity contribution in [2.24, 2.45) is 0 Å². The van der Waals surface area contributed by atoms with Crippen LogP contribution < -0.4 is 18.9 Å². The van der Waals surface area contributed by atoms with Gasteiger partial charge in [0, 0.05) is 51.7 Å². The van der Waals surface area contributed by atoms with Crippen LogP contribution in [0.3, 0.4) is 0 Å². The summed E-state index contributed by atoms with van der Waals surface area (Å²) in [4.78, 5) is 0. The summed E-state index contributed by atoms with van der Waals surface area (Å²) in [7, 11) is -3.49. The molecule has 0 spiro atoms. The summed E-state index contributed by atoms with van der Waals surface area (Å²) in [6.07, 6.45) is 1.97. The van der Waals surface area contributed by atoms with Gasteiger partial charge >= 0.3 is 35.4 Å². The Morgan fingerprint density at radius 3 is 1.05 bits per heavy atom. The highest BCUT2D eigenvalue weighted by Crippen LogP contribution is 2.60. The van der Waals surface area contributed by atoms with Crippen molar-refractivity contribution in [3.63, 3.8) is 0 Å². The van der Waals surface area contributed by atoms with Crippen LogP contribution in [0.2, 0.25) is 12.1 Å². The largest absolute Gasteiger partial charge is 0.500 e. The molecule has 0 N–H and O–H groups in total. The zero-order valence-electron chi connectivity index (χ0n) is 32.8. The predicted molar refractivity (Wildman–Crippen MR) is 197 cm³/mol. The van der Waals surface area contributed by atoms with Gasteiger partial charge in [-0.25, -0.2) is 0 Å². The SMILES string of the molecule is CCO[Si](CCCc1ccc(OC2=C(Oc3ccc(CCC[Si](OCC)(OCC)OCC)cc3OC)C(F)(F)C(F)(F)C2(F)F)c(OC)c1)(OCC)OCC. The maximum atomic E-state index is 15.3. The van der Waals surface area contributed by atoms with Gasteiger partial charge in [-0.05, 0) is 103 Å². The normalized spacial score (nSPS) is 16.4. The number of halogens is 6. The fourth-order valence-corrected chi connectivity index (χ4v) is 11.4. The Kier molecular flexibility index (Phi) is 17.4. The van der Waals surface area contributed by atoms with Crippen molar-refractivity contribution < 1.29 is 71.8 Å². The Bertz CT molecular complexity index is 1400. The molecule has 3 rings (SSSR count). The van der Waals surface area contributed by atoms with Crippen LogP contribution in [0.5, 0.6) is 23.0 Å². The number of ether oxygens (including phenoxy) is 4. The van der Waals surface area contributed by atoms with Gasteiger partial charge in [0.1, 0.15) is 0 Å². The second-order valence-corrected chi connectivity index (χ2v) is 17.7. The number of methoxy groups -OCH3 is 2. The van der Waals surface area contributed by atoms with E-state index in [-0.39, 0.29) is 11.5 Å². The fraction of sp³-hybridized carbons (Fsp3) is 0.622. The van der Waals surface area contributed by atoms with Crippen molar-refractivity contribution in [3.05, 3.63) is 59.0 Å². The van der Waals surface area contributed by atoms with Crippen molar-refractivity contribution in [2.75, 3.05) is 53.9 Å². The molecule has 1 aliphatic carbocycles. The molecule has 2 aromatic carbocycles. The van der Waals surface area contributed by atoms with Crippen molar-refractivity contribution in [1.82, 2.24) is 0 Å². The van der Waals surface area contributed by atoms with Crippen molar-refractivity contribution in [2.45, 2.75) is 97.1 Å². The van der Waals surface area contributed by atoms with Crippen LogP contribution >= 0.6 is 0 Å². The maximum Gasteiger partial charge on any atom is 0.500 e. The summed E-state index contributed by atoms with van der Waals surface area (Å²) >= 11 is 0. The third kappa shape index (κ3) is 10.8. The molecule has 1 aliphatic rings. The number of alkyl halides is 6. The number of hydrogen-bond acceptors (Lipinski definition) is 10. The van der Waals surface area contributed by atoms with E-state index in [0.29, 0.717) is 88.5 Å². The average Bonchev–Trinajstić information content (AvgIpc) is 3.23. The van der Waals surface area contributed by atoms with E-state index in [1.165, 1.54) is 50.6 Å². The number of benzene rings is 2. The molecule has 0 aromatic heterocycles. The van der Waals surface area contributed by atoms with Crippen LogP contribution in [0, 0.1) is 0 Å². The molecule has 10 nitrogen and oxygen atoms in total. The summed E-state index contributed by atoms with van der Waals surface area (Å²) in [6.45, 7) is 13.4. The quantitative estimate of drug-likeness (QED) is 0.0676. The molecule has 18 heteroatoms. The molecule has 312 valence electrons. The van der Waals surface area contributed by atoms with E-state index in [1.54, 1.807) is 0 Å². The van der Waals surface area contributed by atoms with Crippen LogP contribution in [0.15, 0.2) is 47.9 Å². The molecule has 0 atom stereocenters. The molecule has 2 aromatic rings. The molecule has 0 radical (unpaired) electrons. The highest BCUT2D eigenvalue weighted by atomic mass is 28.4. The van der Waals surface area contributed by atoms with Gasteiger partial charge in [0.15, 0.2) is 23.0 Å². The van der Waals surface area contributed by atoms with Gasteiger partial charge in [0.25, 0.3) is 0 Å².